The van der Waals surface area contributed by atoms with Crippen LogP contribution >= 0.6 is 0 Å². The van der Waals surface area contributed by atoms with E-state index in [-0.39, 0.29) is 5.97 Å². The van der Waals surface area contributed by atoms with Crippen LogP contribution in [-0.4, -0.2) is 79.8 Å². The van der Waals surface area contributed by atoms with Crippen LogP contribution in [0.1, 0.15) is 23.7 Å². The second kappa shape index (κ2) is 17.8. The van der Waals surface area contributed by atoms with E-state index in [2.05, 4.69) is 47.4 Å². The summed E-state index contributed by atoms with van der Waals surface area (Å²) in [6.07, 6.45) is 2.39. The Bertz CT molecular complexity index is 1880. The van der Waals surface area contributed by atoms with Crippen molar-refractivity contribution >= 4 is 39.5 Å². The lowest BCUT2D eigenvalue weighted by atomic mass is 10.1. The zero-order valence-corrected chi connectivity index (χ0v) is 28.2. The molecule has 1 saturated heterocycles. The molecule has 0 aliphatic carbocycles. The van der Waals surface area contributed by atoms with E-state index in [1.807, 2.05) is 78.9 Å². The Balaban J connectivity index is 0.959. The molecule has 0 saturated carbocycles. The van der Waals surface area contributed by atoms with Crippen molar-refractivity contribution < 1.29 is 19.0 Å². The van der Waals surface area contributed by atoms with Crippen molar-refractivity contribution in [2.24, 2.45) is 20.5 Å². The number of carbonyl (C=O) groups excluding carboxylic acids is 1. The molecule has 0 bridgehead atoms. The number of esters is 1. The molecule has 1 aliphatic heterocycles. The fourth-order valence-electron chi connectivity index (χ4n) is 5.55. The van der Waals surface area contributed by atoms with Gasteiger partial charge in [-0.15, -0.1) is 5.11 Å². The van der Waals surface area contributed by atoms with E-state index in [9.17, 15) is 4.79 Å². The van der Waals surface area contributed by atoms with E-state index in [0.717, 1.165) is 67.8 Å². The Morgan fingerprint density at radius 1 is 0.680 bits per heavy atom. The monoisotopic (exact) mass is 671 g/mol. The number of azo groups is 2. The number of rotatable bonds is 15. The smallest absolute Gasteiger partial charge is 0.339 e. The number of piperazine rings is 1. The average molecular weight is 672 g/mol. The molecule has 0 spiro atoms. The van der Waals surface area contributed by atoms with Gasteiger partial charge in [0.25, 0.3) is 0 Å². The Morgan fingerprint density at radius 3 is 2.04 bits per heavy atom. The summed E-state index contributed by atoms with van der Waals surface area (Å²) in [6, 6.07) is 32.7. The Hall–Kier alpha value is -5.52. The van der Waals surface area contributed by atoms with Gasteiger partial charge >= 0.3 is 5.97 Å². The van der Waals surface area contributed by atoms with Gasteiger partial charge in [-0.25, -0.2) is 9.78 Å². The number of hydrogen-bond acceptors (Lipinski definition) is 11. The van der Waals surface area contributed by atoms with Crippen molar-refractivity contribution in [3.05, 3.63) is 115 Å². The standard InChI is InChI=1S/C39H41N7O4/c1-2-48-39(47)31-14-20-37(40-29-31)50-27-8-21-45-22-24-46(25-23-45)26-28-49-36-19-13-30-9-6-7-12-35(30)38(36)44-43-34-17-15-33(16-18-34)42-41-32-10-4-3-5-11-32/h3-7,9-20,29H,2,8,21-28H2,1H3. The van der Waals surface area contributed by atoms with Crippen LogP contribution in [0, 0.1) is 0 Å². The first-order valence-electron chi connectivity index (χ1n) is 17.0. The molecule has 6 rings (SSSR count). The maximum absolute atomic E-state index is 11.8. The minimum absolute atomic E-state index is 0.335. The van der Waals surface area contributed by atoms with Crippen LogP contribution in [0.3, 0.4) is 0 Å². The quantitative estimate of drug-likeness (QED) is 0.0621. The number of carbonyl (C=O) groups is 1. The number of ether oxygens (including phenoxy) is 3. The van der Waals surface area contributed by atoms with Gasteiger partial charge in [0.2, 0.25) is 5.88 Å². The van der Waals surface area contributed by atoms with Gasteiger partial charge in [-0.05, 0) is 67.3 Å². The lowest BCUT2D eigenvalue weighted by Crippen LogP contribution is -2.47. The third-order valence-electron chi connectivity index (χ3n) is 8.26. The predicted molar refractivity (Wildman–Crippen MR) is 194 cm³/mol. The van der Waals surface area contributed by atoms with Crippen molar-refractivity contribution in [2.75, 3.05) is 59.1 Å². The molecule has 4 aromatic carbocycles. The summed E-state index contributed by atoms with van der Waals surface area (Å²) >= 11 is 0. The number of benzene rings is 4. The third-order valence-corrected chi connectivity index (χ3v) is 8.26. The van der Waals surface area contributed by atoms with Crippen LogP contribution in [0.4, 0.5) is 22.7 Å². The highest BCUT2D eigenvalue weighted by molar-refractivity contribution is 5.95. The molecule has 1 aliphatic rings. The summed E-state index contributed by atoms with van der Waals surface area (Å²) in [5, 5.41) is 19.9. The van der Waals surface area contributed by atoms with Crippen LogP contribution < -0.4 is 9.47 Å². The largest absolute Gasteiger partial charge is 0.490 e. The van der Waals surface area contributed by atoms with E-state index in [4.69, 9.17) is 14.2 Å². The van der Waals surface area contributed by atoms with Crippen molar-refractivity contribution in [2.45, 2.75) is 13.3 Å². The molecule has 1 aromatic heterocycles. The Kier molecular flexibility index (Phi) is 12.2. The number of nitrogens with zero attached hydrogens (tertiary/aromatic N) is 7. The van der Waals surface area contributed by atoms with E-state index < -0.39 is 0 Å². The summed E-state index contributed by atoms with van der Waals surface area (Å²) in [7, 11) is 0. The molecule has 1 fully saturated rings. The van der Waals surface area contributed by atoms with Crippen LogP contribution in [-0.2, 0) is 4.74 Å². The van der Waals surface area contributed by atoms with Crippen molar-refractivity contribution in [1.82, 2.24) is 14.8 Å². The maximum atomic E-state index is 11.8. The van der Waals surface area contributed by atoms with E-state index in [0.29, 0.717) is 48.4 Å². The average Bonchev–Trinajstić information content (AvgIpc) is 3.17. The topological polar surface area (TPSA) is 114 Å². The second-order valence-corrected chi connectivity index (χ2v) is 11.7. The number of fused-ring (bicyclic) bond motifs is 1. The van der Waals surface area contributed by atoms with Gasteiger partial charge < -0.3 is 19.1 Å². The SMILES string of the molecule is CCOC(=O)c1ccc(OCCCN2CCN(CCOc3ccc4ccccc4c3N=Nc3ccc(N=Nc4ccccc4)cc3)CC2)nc1. The van der Waals surface area contributed by atoms with Crippen molar-refractivity contribution in [3.8, 4) is 11.6 Å². The second-order valence-electron chi connectivity index (χ2n) is 11.7. The van der Waals surface area contributed by atoms with Gasteiger partial charge in [-0.1, -0.05) is 48.5 Å². The number of pyridine rings is 1. The van der Waals surface area contributed by atoms with E-state index in [1.165, 1.54) is 6.20 Å². The molecule has 0 atom stereocenters. The number of hydrogen-bond donors (Lipinski definition) is 0. The summed E-state index contributed by atoms with van der Waals surface area (Å²) in [5.41, 5.74) is 3.40. The van der Waals surface area contributed by atoms with Gasteiger partial charge in [-0.3, -0.25) is 4.90 Å². The van der Waals surface area contributed by atoms with E-state index in [1.54, 1.807) is 19.1 Å². The maximum Gasteiger partial charge on any atom is 0.339 e. The van der Waals surface area contributed by atoms with E-state index >= 15 is 0 Å². The minimum atomic E-state index is -0.375. The van der Waals surface area contributed by atoms with Crippen LogP contribution in [0.2, 0.25) is 0 Å². The molecule has 0 unspecified atom stereocenters. The van der Waals surface area contributed by atoms with Crippen LogP contribution in [0.15, 0.2) is 130 Å². The first-order valence-corrected chi connectivity index (χ1v) is 17.0. The fraction of sp³-hybridized carbons (Fsp3) is 0.282. The molecule has 256 valence electrons. The van der Waals surface area contributed by atoms with Gasteiger partial charge in [0.05, 0.1) is 35.8 Å². The summed E-state index contributed by atoms with van der Waals surface area (Å²) in [4.78, 5) is 20.9. The summed E-state index contributed by atoms with van der Waals surface area (Å²) < 4.78 is 17.1. The molecule has 2 heterocycles. The van der Waals surface area contributed by atoms with Gasteiger partial charge in [-0.2, -0.15) is 15.3 Å². The van der Waals surface area contributed by atoms with Gasteiger partial charge in [0.1, 0.15) is 18.0 Å². The summed E-state index contributed by atoms with van der Waals surface area (Å²) in [6.45, 7) is 8.96. The highest BCUT2D eigenvalue weighted by atomic mass is 16.5. The highest BCUT2D eigenvalue weighted by Crippen LogP contribution is 2.37. The van der Waals surface area contributed by atoms with Crippen molar-refractivity contribution in [3.63, 3.8) is 0 Å². The normalized spacial score (nSPS) is 14.0. The third kappa shape index (κ3) is 9.77. The molecule has 50 heavy (non-hydrogen) atoms. The molecule has 11 heteroatoms. The van der Waals surface area contributed by atoms with Crippen molar-refractivity contribution in [1.29, 1.82) is 0 Å². The van der Waals surface area contributed by atoms with Crippen LogP contribution in [0.5, 0.6) is 11.6 Å². The Morgan fingerprint density at radius 2 is 1.34 bits per heavy atom. The first-order chi connectivity index (χ1) is 24.6. The lowest BCUT2D eigenvalue weighted by molar-refractivity contribution is 0.0525. The number of aromatic nitrogens is 1. The zero-order valence-electron chi connectivity index (χ0n) is 28.2. The summed E-state index contributed by atoms with van der Waals surface area (Å²) in [5.74, 6) is 0.847. The molecule has 11 nitrogen and oxygen atoms in total. The lowest BCUT2D eigenvalue weighted by Gasteiger charge is -2.34. The van der Waals surface area contributed by atoms with Gasteiger partial charge in [0.15, 0.2) is 0 Å². The predicted octanol–water partition coefficient (Wildman–Crippen LogP) is 8.71. The first kappa shape index (κ1) is 34.3. The molecule has 0 N–H and O–H groups in total. The van der Waals surface area contributed by atoms with Gasteiger partial charge in [0, 0.05) is 56.9 Å². The molecule has 5 aromatic rings. The molecule has 0 radical (unpaired) electrons. The van der Waals surface area contributed by atoms with Crippen LogP contribution in [0.25, 0.3) is 10.8 Å². The minimum Gasteiger partial charge on any atom is -0.490 e. The molecule has 0 amide bonds. The Labute approximate surface area is 292 Å². The molecular formula is C39H41N7O4. The fourth-order valence-corrected chi connectivity index (χ4v) is 5.55. The highest BCUT2D eigenvalue weighted by Gasteiger charge is 2.17. The zero-order chi connectivity index (χ0) is 34.4. The molecular weight excluding hydrogens is 630 g/mol.